The molecule has 1 unspecified atom stereocenters. The Bertz CT molecular complexity index is 969. The normalized spacial score (nSPS) is 16.5. The number of nitrogens with zero attached hydrogens (tertiary/aromatic N) is 2. The number of carbonyl (C=O) groups excluding carboxylic acids is 1. The Morgan fingerprint density at radius 1 is 1.00 bits per heavy atom. The molecular formula is C22H22N2O3. The lowest BCUT2D eigenvalue weighted by molar-refractivity contribution is 0.0730. The second-order valence-corrected chi connectivity index (χ2v) is 6.68. The summed E-state index contributed by atoms with van der Waals surface area (Å²) in [6.07, 6.45) is 1.95. The quantitative estimate of drug-likeness (QED) is 0.697. The maximum atomic E-state index is 13.1. The Balaban J connectivity index is 1.61. The Labute approximate surface area is 158 Å². The molecule has 0 aliphatic carbocycles. The monoisotopic (exact) mass is 362 g/mol. The maximum absolute atomic E-state index is 13.1. The number of aromatic nitrogens is 1. The zero-order chi connectivity index (χ0) is 18.8. The topological polar surface area (TPSA) is 51.7 Å². The van der Waals surface area contributed by atoms with E-state index in [4.69, 9.17) is 9.47 Å². The van der Waals surface area contributed by atoms with Gasteiger partial charge in [-0.2, -0.15) is 0 Å². The van der Waals surface area contributed by atoms with Gasteiger partial charge in [-0.3, -0.25) is 4.79 Å². The van der Waals surface area contributed by atoms with Crippen molar-refractivity contribution in [3.05, 3.63) is 65.9 Å². The minimum Gasteiger partial charge on any atom is -0.497 e. The summed E-state index contributed by atoms with van der Waals surface area (Å²) in [5.41, 5.74) is 2.40. The van der Waals surface area contributed by atoms with Crippen LogP contribution in [-0.4, -0.2) is 36.6 Å². The first-order chi connectivity index (χ1) is 13.2. The first-order valence-electron chi connectivity index (χ1n) is 9.09. The highest BCUT2D eigenvalue weighted by Gasteiger charge is 2.31. The van der Waals surface area contributed by atoms with E-state index in [0.717, 1.165) is 47.4 Å². The van der Waals surface area contributed by atoms with Crippen LogP contribution in [0.2, 0.25) is 0 Å². The minimum absolute atomic E-state index is 0.0222. The predicted molar refractivity (Wildman–Crippen MR) is 104 cm³/mol. The molecule has 1 amide bonds. The number of hydrogen-bond acceptors (Lipinski definition) is 4. The summed E-state index contributed by atoms with van der Waals surface area (Å²) in [6, 6.07) is 17.4. The first-order valence-corrected chi connectivity index (χ1v) is 9.09. The van der Waals surface area contributed by atoms with E-state index in [0.29, 0.717) is 5.69 Å². The van der Waals surface area contributed by atoms with Crippen LogP contribution in [0.25, 0.3) is 10.9 Å². The molecule has 1 atom stereocenters. The summed E-state index contributed by atoms with van der Waals surface area (Å²) >= 11 is 0. The van der Waals surface area contributed by atoms with Crippen LogP contribution >= 0.6 is 0 Å². The number of hydrogen-bond donors (Lipinski definition) is 0. The van der Waals surface area contributed by atoms with E-state index < -0.39 is 0 Å². The van der Waals surface area contributed by atoms with Gasteiger partial charge in [-0.05, 0) is 54.8 Å². The van der Waals surface area contributed by atoms with E-state index in [-0.39, 0.29) is 11.9 Å². The van der Waals surface area contributed by atoms with Gasteiger partial charge in [0.1, 0.15) is 17.2 Å². The highest BCUT2D eigenvalue weighted by atomic mass is 16.5. The van der Waals surface area contributed by atoms with Gasteiger partial charge in [0.05, 0.1) is 25.8 Å². The lowest BCUT2D eigenvalue weighted by Crippen LogP contribution is -2.31. The molecule has 1 aliphatic rings. The average Bonchev–Trinajstić information content (AvgIpc) is 3.22. The molecule has 2 aromatic carbocycles. The van der Waals surface area contributed by atoms with Gasteiger partial charge < -0.3 is 14.4 Å². The summed E-state index contributed by atoms with van der Waals surface area (Å²) in [7, 11) is 3.29. The molecule has 0 N–H and O–H groups in total. The number of pyridine rings is 1. The summed E-state index contributed by atoms with van der Waals surface area (Å²) in [5.74, 6) is 1.58. The molecule has 0 spiro atoms. The van der Waals surface area contributed by atoms with Crippen molar-refractivity contribution < 1.29 is 14.3 Å². The van der Waals surface area contributed by atoms with Gasteiger partial charge in [0.25, 0.3) is 5.91 Å². The fourth-order valence-electron chi connectivity index (χ4n) is 3.68. The second kappa shape index (κ2) is 7.27. The molecule has 0 radical (unpaired) electrons. The van der Waals surface area contributed by atoms with Crippen LogP contribution in [0.5, 0.6) is 11.5 Å². The highest BCUT2D eigenvalue weighted by molar-refractivity contribution is 5.95. The highest BCUT2D eigenvalue weighted by Crippen LogP contribution is 2.34. The van der Waals surface area contributed by atoms with Crippen LogP contribution in [0.3, 0.4) is 0 Å². The van der Waals surface area contributed by atoms with Gasteiger partial charge in [-0.15, -0.1) is 0 Å². The second-order valence-electron chi connectivity index (χ2n) is 6.68. The van der Waals surface area contributed by atoms with Crippen molar-refractivity contribution in [2.24, 2.45) is 0 Å². The van der Waals surface area contributed by atoms with Crippen LogP contribution < -0.4 is 9.47 Å². The Morgan fingerprint density at radius 2 is 1.74 bits per heavy atom. The van der Waals surface area contributed by atoms with Gasteiger partial charge in [0.15, 0.2) is 0 Å². The molecule has 1 aliphatic heterocycles. The zero-order valence-electron chi connectivity index (χ0n) is 15.5. The number of rotatable bonds is 4. The largest absolute Gasteiger partial charge is 0.497 e. The third kappa shape index (κ3) is 3.33. The summed E-state index contributed by atoms with van der Waals surface area (Å²) < 4.78 is 10.5. The standard InChI is InChI=1S/C22H22N2O3/c1-26-17-8-5-15(6-9-17)21-4-3-13-24(21)22(25)20-11-7-16-14-18(27-2)10-12-19(16)23-20/h5-12,14,21H,3-4,13H2,1-2H3. The van der Waals surface area contributed by atoms with Gasteiger partial charge in [0.2, 0.25) is 0 Å². The zero-order valence-corrected chi connectivity index (χ0v) is 15.5. The van der Waals surface area contributed by atoms with Crippen molar-refractivity contribution >= 4 is 16.8 Å². The van der Waals surface area contributed by atoms with Crippen molar-refractivity contribution in [1.82, 2.24) is 9.88 Å². The van der Waals surface area contributed by atoms with Gasteiger partial charge >= 0.3 is 0 Å². The van der Waals surface area contributed by atoms with Crippen molar-refractivity contribution in [3.8, 4) is 11.5 Å². The van der Waals surface area contributed by atoms with E-state index in [2.05, 4.69) is 4.98 Å². The van der Waals surface area contributed by atoms with Crippen molar-refractivity contribution in [3.63, 3.8) is 0 Å². The van der Waals surface area contributed by atoms with Gasteiger partial charge in [-0.25, -0.2) is 4.98 Å². The van der Waals surface area contributed by atoms with E-state index in [1.165, 1.54) is 0 Å². The lowest BCUT2D eigenvalue weighted by atomic mass is 10.0. The van der Waals surface area contributed by atoms with Crippen molar-refractivity contribution in [1.29, 1.82) is 0 Å². The molecule has 0 bridgehead atoms. The molecule has 1 saturated heterocycles. The number of amides is 1. The van der Waals surface area contributed by atoms with Crippen LogP contribution in [0.1, 0.15) is 34.9 Å². The first kappa shape index (κ1) is 17.3. The number of carbonyl (C=O) groups is 1. The lowest BCUT2D eigenvalue weighted by Gasteiger charge is -2.25. The fourth-order valence-corrected chi connectivity index (χ4v) is 3.68. The minimum atomic E-state index is -0.0222. The summed E-state index contributed by atoms with van der Waals surface area (Å²) in [4.78, 5) is 19.6. The number of benzene rings is 2. The van der Waals surface area contributed by atoms with Crippen LogP contribution in [0.4, 0.5) is 0 Å². The number of methoxy groups -OCH3 is 2. The molecule has 5 nitrogen and oxygen atoms in total. The number of likely N-dealkylation sites (tertiary alicyclic amines) is 1. The maximum Gasteiger partial charge on any atom is 0.272 e. The van der Waals surface area contributed by atoms with E-state index in [9.17, 15) is 4.79 Å². The smallest absolute Gasteiger partial charge is 0.272 e. The fraction of sp³-hybridized carbons (Fsp3) is 0.273. The number of ether oxygens (including phenoxy) is 2. The molecule has 138 valence electrons. The third-order valence-corrected chi connectivity index (χ3v) is 5.13. The Hall–Kier alpha value is -3.08. The molecule has 1 fully saturated rings. The third-order valence-electron chi connectivity index (χ3n) is 5.13. The number of fused-ring (bicyclic) bond motifs is 1. The molecule has 0 saturated carbocycles. The summed E-state index contributed by atoms with van der Waals surface area (Å²) in [5, 5.41) is 0.957. The van der Waals surface area contributed by atoms with Crippen molar-refractivity contribution in [2.45, 2.75) is 18.9 Å². The predicted octanol–water partition coefficient (Wildman–Crippen LogP) is 4.23. The molecule has 1 aromatic heterocycles. The average molecular weight is 362 g/mol. The Kier molecular flexibility index (Phi) is 4.67. The molecule has 2 heterocycles. The summed E-state index contributed by atoms with van der Waals surface area (Å²) in [6.45, 7) is 0.748. The van der Waals surface area contributed by atoms with Crippen molar-refractivity contribution in [2.75, 3.05) is 20.8 Å². The SMILES string of the molecule is COc1ccc(C2CCCN2C(=O)c2ccc3cc(OC)ccc3n2)cc1. The molecular weight excluding hydrogens is 340 g/mol. The molecule has 27 heavy (non-hydrogen) atoms. The molecule has 4 rings (SSSR count). The van der Waals surface area contributed by atoms with E-state index in [1.807, 2.05) is 53.4 Å². The van der Waals surface area contributed by atoms with Gasteiger partial charge in [-0.1, -0.05) is 18.2 Å². The molecule has 3 aromatic rings. The van der Waals surface area contributed by atoms with Gasteiger partial charge in [0, 0.05) is 11.9 Å². The molecule has 5 heteroatoms. The van der Waals surface area contributed by atoms with E-state index in [1.54, 1.807) is 20.3 Å². The van der Waals surface area contributed by atoms with Crippen LogP contribution in [0.15, 0.2) is 54.6 Å². The van der Waals surface area contributed by atoms with E-state index >= 15 is 0 Å². The van der Waals surface area contributed by atoms with Crippen LogP contribution in [0, 0.1) is 0 Å². The Morgan fingerprint density at radius 3 is 2.48 bits per heavy atom. The van der Waals surface area contributed by atoms with Crippen LogP contribution in [-0.2, 0) is 0 Å².